The number of nitrogens with one attached hydrogen (secondary N) is 3. The van der Waals surface area contributed by atoms with E-state index in [0.29, 0.717) is 11.4 Å². The Morgan fingerprint density at radius 3 is 2.55 bits per heavy atom. The number of rotatable bonds is 12. The lowest BCUT2D eigenvalue weighted by molar-refractivity contribution is 0.372. The second kappa shape index (κ2) is 12.9. The highest BCUT2D eigenvalue weighted by Gasteiger charge is 2.22. The van der Waals surface area contributed by atoms with E-state index in [-0.39, 0.29) is 0 Å². The molecule has 31 heavy (non-hydrogen) atoms. The maximum absolute atomic E-state index is 13.0. The molecule has 1 aromatic rings. The van der Waals surface area contributed by atoms with E-state index in [9.17, 15) is 8.42 Å². The summed E-state index contributed by atoms with van der Waals surface area (Å²) in [5.41, 5.74) is 2.44. The van der Waals surface area contributed by atoms with Crippen LogP contribution in [0.5, 0.6) is 0 Å². The molecule has 0 bridgehead atoms. The van der Waals surface area contributed by atoms with Gasteiger partial charge in [-0.3, -0.25) is 0 Å². The van der Waals surface area contributed by atoms with Crippen molar-refractivity contribution in [2.45, 2.75) is 75.1 Å². The number of nitrogens with zero attached hydrogens (tertiary/aromatic N) is 1. The van der Waals surface area contributed by atoms with Crippen molar-refractivity contribution >= 4 is 10.0 Å². The Balaban J connectivity index is 1.30. The third kappa shape index (κ3) is 7.82. The van der Waals surface area contributed by atoms with Crippen LogP contribution in [0.15, 0.2) is 23.1 Å². The smallest absolute Gasteiger partial charge is 0.242 e. The maximum Gasteiger partial charge on any atom is 0.242 e. The molecule has 176 valence electrons. The largest absolute Gasteiger partial charge is 0.316 e. The van der Waals surface area contributed by atoms with Crippen molar-refractivity contribution in [1.29, 1.82) is 0 Å². The molecule has 0 atom stereocenters. The van der Waals surface area contributed by atoms with E-state index < -0.39 is 10.0 Å². The van der Waals surface area contributed by atoms with E-state index in [2.05, 4.69) is 16.0 Å². The van der Waals surface area contributed by atoms with Crippen LogP contribution in [-0.2, 0) is 22.9 Å². The van der Waals surface area contributed by atoms with Crippen molar-refractivity contribution < 1.29 is 8.42 Å². The quantitative estimate of drug-likeness (QED) is 0.427. The van der Waals surface area contributed by atoms with Crippen LogP contribution in [0.25, 0.3) is 0 Å². The lowest BCUT2D eigenvalue weighted by Crippen LogP contribution is -2.36. The van der Waals surface area contributed by atoms with Gasteiger partial charge in [-0.05, 0) is 81.4 Å². The summed E-state index contributed by atoms with van der Waals surface area (Å²) in [4.78, 5) is 0.433. The fourth-order valence-corrected chi connectivity index (χ4v) is 5.93. The van der Waals surface area contributed by atoms with Gasteiger partial charge in [0.15, 0.2) is 0 Å². The zero-order valence-corrected chi connectivity index (χ0v) is 20.1. The molecule has 1 aliphatic carbocycles. The summed E-state index contributed by atoms with van der Waals surface area (Å²) < 4.78 is 27.4. The van der Waals surface area contributed by atoms with E-state index in [1.807, 2.05) is 12.1 Å². The van der Waals surface area contributed by atoms with Gasteiger partial charge in [0.2, 0.25) is 10.0 Å². The van der Waals surface area contributed by atoms with E-state index >= 15 is 0 Å². The zero-order chi connectivity index (χ0) is 21.9. The zero-order valence-electron chi connectivity index (χ0n) is 19.3. The highest BCUT2D eigenvalue weighted by Crippen LogP contribution is 2.21. The molecule has 3 N–H and O–H groups in total. The number of fused-ring (bicyclic) bond motifs is 1. The molecule has 1 heterocycles. The first-order valence-electron chi connectivity index (χ1n) is 12.3. The van der Waals surface area contributed by atoms with Crippen LogP contribution in [0.4, 0.5) is 0 Å². The lowest BCUT2D eigenvalue weighted by atomic mass is 9.95. The molecule has 2 aliphatic rings. The van der Waals surface area contributed by atoms with Gasteiger partial charge in [-0.15, -0.1) is 0 Å². The van der Waals surface area contributed by atoms with Gasteiger partial charge in [-0.2, -0.15) is 0 Å². The first kappa shape index (κ1) is 24.6. The molecule has 0 saturated heterocycles. The molecule has 0 amide bonds. The fourth-order valence-electron chi connectivity index (χ4n) is 4.67. The number of benzene rings is 1. The second-order valence-corrected chi connectivity index (χ2v) is 11.2. The third-order valence-corrected chi connectivity index (χ3v) is 8.55. The van der Waals surface area contributed by atoms with Crippen molar-refractivity contribution in [3.05, 3.63) is 29.3 Å². The van der Waals surface area contributed by atoms with E-state index in [0.717, 1.165) is 70.9 Å². The van der Waals surface area contributed by atoms with Crippen LogP contribution in [0, 0.1) is 0 Å². The maximum atomic E-state index is 13.0. The van der Waals surface area contributed by atoms with Gasteiger partial charge in [0.1, 0.15) is 0 Å². The van der Waals surface area contributed by atoms with Gasteiger partial charge in [0.25, 0.3) is 0 Å². The molecule has 1 fully saturated rings. The molecule has 1 aliphatic heterocycles. The fraction of sp³-hybridized carbons (Fsp3) is 0.750. The molecule has 7 heteroatoms. The Kier molecular flexibility index (Phi) is 10.3. The third-order valence-electron chi connectivity index (χ3n) is 6.69. The van der Waals surface area contributed by atoms with Crippen LogP contribution in [0.3, 0.4) is 0 Å². The molecule has 1 saturated carbocycles. The predicted octanol–water partition coefficient (Wildman–Crippen LogP) is 2.68. The normalized spacial score (nSPS) is 18.1. The van der Waals surface area contributed by atoms with Gasteiger partial charge < -0.3 is 16.0 Å². The minimum absolute atomic E-state index is 0.433. The average molecular weight is 451 g/mol. The van der Waals surface area contributed by atoms with E-state index in [1.54, 1.807) is 13.1 Å². The molecule has 1 aromatic carbocycles. The van der Waals surface area contributed by atoms with Crippen molar-refractivity contribution in [3.63, 3.8) is 0 Å². The van der Waals surface area contributed by atoms with Gasteiger partial charge in [0.05, 0.1) is 4.90 Å². The summed E-state index contributed by atoms with van der Waals surface area (Å²) in [5, 5.41) is 10.5. The molecule has 6 nitrogen and oxygen atoms in total. The van der Waals surface area contributed by atoms with Crippen LogP contribution < -0.4 is 16.0 Å². The second-order valence-electron chi connectivity index (χ2n) is 9.11. The Morgan fingerprint density at radius 1 is 0.968 bits per heavy atom. The highest BCUT2D eigenvalue weighted by molar-refractivity contribution is 7.89. The molecule has 0 radical (unpaired) electrons. The summed E-state index contributed by atoms with van der Waals surface area (Å²) in [6.45, 7) is 5.51. The van der Waals surface area contributed by atoms with Crippen LogP contribution in [0.2, 0.25) is 0 Å². The number of sulfonamides is 1. The Hall–Kier alpha value is -0.990. The van der Waals surface area contributed by atoms with Crippen LogP contribution >= 0.6 is 0 Å². The molecule has 0 unspecified atom stereocenters. The monoisotopic (exact) mass is 450 g/mol. The van der Waals surface area contributed by atoms with Crippen molar-refractivity contribution in [2.75, 3.05) is 46.3 Å². The number of unbranched alkanes of at least 4 members (excludes halogenated alkanes) is 2. The Bertz CT molecular complexity index is 763. The Morgan fingerprint density at radius 2 is 1.74 bits per heavy atom. The SMILES string of the molecule is CN(CCCCCNCCNC1CCCCC1)S(=O)(=O)c1ccc2c(c1)CCNCC2. The summed E-state index contributed by atoms with van der Waals surface area (Å²) >= 11 is 0. The predicted molar refractivity (Wildman–Crippen MR) is 128 cm³/mol. The minimum Gasteiger partial charge on any atom is -0.316 e. The summed E-state index contributed by atoms with van der Waals surface area (Å²) in [6, 6.07) is 6.39. The van der Waals surface area contributed by atoms with Crippen LogP contribution in [-0.4, -0.2) is 65.1 Å². The molecule has 3 rings (SSSR count). The van der Waals surface area contributed by atoms with E-state index in [1.165, 1.54) is 47.5 Å². The van der Waals surface area contributed by atoms with Gasteiger partial charge in [-0.25, -0.2) is 12.7 Å². The van der Waals surface area contributed by atoms with Gasteiger partial charge >= 0.3 is 0 Å². The van der Waals surface area contributed by atoms with Gasteiger partial charge in [-0.1, -0.05) is 31.7 Å². The molecule has 0 aromatic heterocycles. The van der Waals surface area contributed by atoms with Gasteiger partial charge in [0, 0.05) is 32.7 Å². The Labute approximate surface area is 189 Å². The van der Waals surface area contributed by atoms with Crippen molar-refractivity contribution in [2.24, 2.45) is 0 Å². The molecule has 0 spiro atoms. The van der Waals surface area contributed by atoms with Crippen molar-refractivity contribution in [3.8, 4) is 0 Å². The molecular formula is C24H42N4O2S. The van der Waals surface area contributed by atoms with Crippen LogP contribution in [0.1, 0.15) is 62.5 Å². The first-order chi connectivity index (χ1) is 15.1. The number of hydrogen-bond acceptors (Lipinski definition) is 5. The first-order valence-corrected chi connectivity index (χ1v) is 13.7. The standard InChI is InChI=1S/C24H42N4O2S/c1-28(19-7-3-6-14-25-17-18-27-23-8-4-2-5-9-23)31(29,30)24-11-10-21-12-15-26-16-13-22(21)20-24/h10-11,20,23,25-27H,2-9,12-19H2,1H3. The number of hydrogen-bond donors (Lipinski definition) is 3. The summed E-state index contributed by atoms with van der Waals surface area (Å²) in [5.74, 6) is 0. The minimum atomic E-state index is -3.41. The van der Waals surface area contributed by atoms with E-state index in [4.69, 9.17) is 0 Å². The van der Waals surface area contributed by atoms with Crippen molar-refractivity contribution in [1.82, 2.24) is 20.3 Å². The highest BCUT2D eigenvalue weighted by atomic mass is 32.2. The average Bonchev–Trinajstić information content (AvgIpc) is 3.03. The summed E-state index contributed by atoms with van der Waals surface area (Å²) in [6.07, 6.45) is 11.7. The molecular weight excluding hydrogens is 408 g/mol. The summed E-state index contributed by atoms with van der Waals surface area (Å²) in [7, 11) is -1.70. The topological polar surface area (TPSA) is 73.5 Å². The lowest BCUT2D eigenvalue weighted by Gasteiger charge is -2.22.